The van der Waals surface area contributed by atoms with Crippen LogP contribution in [-0.4, -0.2) is 65.8 Å². The molecule has 1 atom stereocenters. The number of alkyl carbamates (subject to hydrolysis) is 1. The molecule has 2 N–H and O–H groups in total. The molecular weight excluding hydrogens is 446 g/mol. The third-order valence-corrected chi connectivity index (χ3v) is 5.64. The number of hydrogen-bond donors (Lipinski definition) is 2. The predicted molar refractivity (Wildman–Crippen MR) is 135 cm³/mol. The van der Waals surface area contributed by atoms with Gasteiger partial charge in [0.2, 0.25) is 11.9 Å². The zero-order valence-corrected chi connectivity index (χ0v) is 21.2. The summed E-state index contributed by atoms with van der Waals surface area (Å²) < 4.78 is 10.6. The lowest BCUT2D eigenvalue weighted by molar-refractivity contribution is -0.129. The Balaban J connectivity index is 1.47. The fourth-order valence-electron chi connectivity index (χ4n) is 3.78. The van der Waals surface area contributed by atoms with Crippen molar-refractivity contribution in [2.24, 2.45) is 5.92 Å². The van der Waals surface area contributed by atoms with Crippen molar-refractivity contribution in [3.8, 4) is 11.1 Å². The number of aromatic nitrogens is 2. The first-order valence-corrected chi connectivity index (χ1v) is 12.1. The highest BCUT2D eigenvalue weighted by molar-refractivity contribution is 5.82. The number of benzene rings is 1. The highest BCUT2D eigenvalue weighted by Crippen LogP contribution is 2.21. The van der Waals surface area contributed by atoms with Crippen LogP contribution in [-0.2, 0) is 20.8 Å². The minimum absolute atomic E-state index is 0.123. The molecule has 1 saturated heterocycles. The summed E-state index contributed by atoms with van der Waals surface area (Å²) in [5.74, 6) is 1.10. The summed E-state index contributed by atoms with van der Waals surface area (Å²) in [5.41, 5.74) is 2.24. The van der Waals surface area contributed by atoms with E-state index in [1.807, 2.05) is 24.3 Å². The SMILES string of the molecule is CN(Cc1cccc(-c2cnc(NCCCC3CCOC3)nc2)c1)C(=O)CNC(=O)OC(C)(C)C. The second kappa shape index (κ2) is 12.5. The number of ether oxygens (including phenoxy) is 2. The number of anilines is 1. The molecule has 1 unspecified atom stereocenters. The molecule has 0 spiro atoms. The number of carbonyl (C=O) groups excluding carboxylic acids is 2. The number of carbonyl (C=O) groups is 2. The van der Waals surface area contributed by atoms with Crippen molar-refractivity contribution in [2.75, 3.05) is 38.7 Å². The highest BCUT2D eigenvalue weighted by Gasteiger charge is 2.18. The van der Waals surface area contributed by atoms with Crippen LogP contribution in [0.1, 0.15) is 45.6 Å². The maximum absolute atomic E-state index is 12.4. The van der Waals surface area contributed by atoms with Gasteiger partial charge >= 0.3 is 6.09 Å². The quantitative estimate of drug-likeness (QED) is 0.495. The van der Waals surface area contributed by atoms with E-state index in [1.54, 1.807) is 45.1 Å². The molecule has 190 valence electrons. The van der Waals surface area contributed by atoms with Crippen molar-refractivity contribution in [1.82, 2.24) is 20.2 Å². The minimum atomic E-state index is -0.609. The predicted octanol–water partition coefficient (Wildman–Crippen LogP) is 3.86. The molecule has 0 aliphatic carbocycles. The first-order valence-electron chi connectivity index (χ1n) is 12.1. The second-order valence-corrected chi connectivity index (χ2v) is 9.90. The summed E-state index contributed by atoms with van der Waals surface area (Å²) >= 11 is 0. The standard InChI is InChI=1S/C26H37N5O4/c1-26(2,3)35-25(33)30-16-23(32)31(4)17-20-7-5-9-21(13-20)22-14-28-24(29-15-22)27-11-6-8-19-10-12-34-18-19/h5,7,9,13-15,19H,6,8,10-12,16-18H2,1-4H3,(H,30,33)(H,27,28,29). The molecule has 1 aliphatic heterocycles. The lowest BCUT2D eigenvalue weighted by atomic mass is 10.0. The summed E-state index contributed by atoms with van der Waals surface area (Å²) in [6.45, 7) is 8.23. The fourth-order valence-corrected chi connectivity index (χ4v) is 3.78. The number of amides is 2. The van der Waals surface area contributed by atoms with Gasteiger partial charge in [-0.3, -0.25) is 4.79 Å². The van der Waals surface area contributed by atoms with Gasteiger partial charge in [-0.15, -0.1) is 0 Å². The van der Waals surface area contributed by atoms with Gasteiger partial charge in [0.15, 0.2) is 0 Å². The Morgan fingerprint density at radius 3 is 2.66 bits per heavy atom. The highest BCUT2D eigenvalue weighted by atomic mass is 16.6. The minimum Gasteiger partial charge on any atom is -0.444 e. The van der Waals surface area contributed by atoms with Crippen molar-refractivity contribution in [3.63, 3.8) is 0 Å². The number of rotatable bonds is 10. The van der Waals surface area contributed by atoms with Gasteiger partial charge in [0, 0.05) is 51.3 Å². The molecule has 3 rings (SSSR count). The van der Waals surface area contributed by atoms with E-state index in [0.717, 1.165) is 55.7 Å². The van der Waals surface area contributed by atoms with Gasteiger partial charge < -0.3 is 25.0 Å². The van der Waals surface area contributed by atoms with E-state index in [0.29, 0.717) is 18.4 Å². The van der Waals surface area contributed by atoms with Gasteiger partial charge in [-0.2, -0.15) is 0 Å². The third-order valence-electron chi connectivity index (χ3n) is 5.64. The molecule has 35 heavy (non-hydrogen) atoms. The molecule has 9 heteroatoms. The van der Waals surface area contributed by atoms with E-state index >= 15 is 0 Å². The monoisotopic (exact) mass is 483 g/mol. The Morgan fingerprint density at radius 2 is 1.97 bits per heavy atom. The molecule has 0 bridgehead atoms. The first-order chi connectivity index (χ1) is 16.7. The van der Waals surface area contributed by atoms with Crippen LogP contribution < -0.4 is 10.6 Å². The molecule has 0 saturated carbocycles. The van der Waals surface area contributed by atoms with Crippen LogP contribution in [0.4, 0.5) is 10.7 Å². The zero-order valence-electron chi connectivity index (χ0n) is 21.2. The second-order valence-electron chi connectivity index (χ2n) is 9.90. The lowest BCUT2D eigenvalue weighted by Crippen LogP contribution is -2.40. The van der Waals surface area contributed by atoms with E-state index in [4.69, 9.17) is 9.47 Å². The molecule has 2 aromatic rings. The van der Waals surface area contributed by atoms with Crippen LogP contribution in [0.5, 0.6) is 0 Å². The van der Waals surface area contributed by atoms with E-state index in [1.165, 1.54) is 0 Å². The Kier molecular flexibility index (Phi) is 9.42. The van der Waals surface area contributed by atoms with Crippen LogP contribution in [0.2, 0.25) is 0 Å². The van der Waals surface area contributed by atoms with Crippen molar-refractivity contribution >= 4 is 17.9 Å². The Morgan fingerprint density at radius 1 is 1.20 bits per heavy atom. The maximum Gasteiger partial charge on any atom is 0.408 e. The Labute approximate surface area is 207 Å². The molecular formula is C26H37N5O4. The number of hydrogen-bond acceptors (Lipinski definition) is 7. The normalized spacial score (nSPS) is 15.5. The average Bonchev–Trinajstić information content (AvgIpc) is 3.33. The first kappa shape index (κ1) is 26.4. The van der Waals surface area contributed by atoms with Crippen LogP contribution in [0.3, 0.4) is 0 Å². The maximum atomic E-state index is 12.4. The van der Waals surface area contributed by atoms with Crippen LogP contribution in [0.25, 0.3) is 11.1 Å². The van der Waals surface area contributed by atoms with Crippen molar-refractivity contribution < 1.29 is 19.1 Å². The summed E-state index contributed by atoms with van der Waals surface area (Å²) in [6, 6.07) is 7.91. The van der Waals surface area contributed by atoms with Gasteiger partial charge in [-0.25, -0.2) is 14.8 Å². The molecule has 9 nitrogen and oxygen atoms in total. The summed E-state index contributed by atoms with van der Waals surface area (Å²) in [6.07, 6.45) is 6.39. The summed E-state index contributed by atoms with van der Waals surface area (Å²) in [4.78, 5) is 34.6. The zero-order chi connectivity index (χ0) is 25.3. The van der Waals surface area contributed by atoms with Crippen molar-refractivity contribution in [2.45, 2.75) is 52.2 Å². The van der Waals surface area contributed by atoms with E-state index < -0.39 is 11.7 Å². The van der Waals surface area contributed by atoms with Gasteiger partial charge in [-0.05, 0) is 63.1 Å². The Hall–Kier alpha value is -3.20. The molecule has 0 radical (unpaired) electrons. The Bertz CT molecular complexity index is 968. The molecule has 1 aromatic heterocycles. The molecule has 2 amide bonds. The summed E-state index contributed by atoms with van der Waals surface area (Å²) in [5, 5.41) is 5.78. The van der Waals surface area contributed by atoms with Crippen LogP contribution in [0, 0.1) is 5.92 Å². The number of nitrogens with one attached hydrogen (secondary N) is 2. The van der Waals surface area contributed by atoms with Crippen molar-refractivity contribution in [3.05, 3.63) is 42.2 Å². The number of nitrogens with zero attached hydrogens (tertiary/aromatic N) is 3. The lowest BCUT2D eigenvalue weighted by Gasteiger charge is -2.21. The topological polar surface area (TPSA) is 106 Å². The molecule has 2 heterocycles. The fraction of sp³-hybridized carbons (Fsp3) is 0.538. The van der Waals surface area contributed by atoms with Gasteiger partial charge in [0.1, 0.15) is 12.1 Å². The number of likely N-dealkylation sites (N-methyl/N-ethyl adjacent to an activating group) is 1. The molecule has 1 aliphatic rings. The molecule has 1 aromatic carbocycles. The van der Waals surface area contributed by atoms with Crippen LogP contribution in [0.15, 0.2) is 36.7 Å². The van der Waals surface area contributed by atoms with Gasteiger partial charge in [-0.1, -0.05) is 18.2 Å². The van der Waals surface area contributed by atoms with Crippen LogP contribution >= 0.6 is 0 Å². The van der Waals surface area contributed by atoms with E-state index in [-0.39, 0.29) is 12.5 Å². The average molecular weight is 484 g/mol. The largest absolute Gasteiger partial charge is 0.444 e. The van der Waals surface area contributed by atoms with Crippen molar-refractivity contribution in [1.29, 1.82) is 0 Å². The van der Waals surface area contributed by atoms with Gasteiger partial charge in [0.25, 0.3) is 0 Å². The van der Waals surface area contributed by atoms with E-state index in [2.05, 4.69) is 20.6 Å². The third kappa shape index (κ3) is 9.16. The summed E-state index contributed by atoms with van der Waals surface area (Å²) in [7, 11) is 1.70. The van der Waals surface area contributed by atoms with Gasteiger partial charge in [0.05, 0.1) is 0 Å². The molecule has 1 fully saturated rings. The van der Waals surface area contributed by atoms with E-state index in [9.17, 15) is 9.59 Å². The smallest absolute Gasteiger partial charge is 0.408 e.